The highest BCUT2D eigenvalue weighted by Crippen LogP contribution is 2.28. The van der Waals surface area contributed by atoms with Gasteiger partial charge in [0.1, 0.15) is 6.33 Å². The molecule has 0 saturated carbocycles. The molecule has 1 aromatic carbocycles. The van der Waals surface area contributed by atoms with E-state index in [1.165, 1.54) is 29.3 Å². The molecule has 3 unspecified atom stereocenters. The quantitative estimate of drug-likeness (QED) is 0.765. The Labute approximate surface area is 160 Å². The normalized spacial score (nSPS) is 21.7. The summed E-state index contributed by atoms with van der Waals surface area (Å²) in [4.78, 5) is 14.9. The van der Waals surface area contributed by atoms with Crippen molar-refractivity contribution >= 4 is 17.7 Å². The van der Waals surface area contributed by atoms with Gasteiger partial charge in [-0.15, -0.1) is 10.2 Å². The van der Waals surface area contributed by atoms with Crippen molar-refractivity contribution in [2.75, 3.05) is 13.1 Å². The molecule has 3 atom stereocenters. The molecule has 0 aliphatic carbocycles. The van der Waals surface area contributed by atoms with Crippen LogP contribution < -0.4 is 0 Å². The molecule has 0 N–H and O–H groups in total. The second-order valence-corrected chi connectivity index (χ2v) is 9.03. The Kier molecular flexibility index (Phi) is 5.70. The van der Waals surface area contributed by atoms with Crippen LogP contribution in [0.3, 0.4) is 0 Å². The fraction of sp³-hybridized carbons (Fsp3) is 0.550. The summed E-state index contributed by atoms with van der Waals surface area (Å²) < 4.78 is 1.98. The molecule has 1 saturated heterocycles. The van der Waals surface area contributed by atoms with Crippen molar-refractivity contribution in [1.29, 1.82) is 0 Å². The van der Waals surface area contributed by atoms with E-state index in [4.69, 9.17) is 0 Å². The van der Waals surface area contributed by atoms with Crippen molar-refractivity contribution in [3.05, 3.63) is 35.7 Å². The highest BCUT2D eigenvalue weighted by molar-refractivity contribution is 8.00. The molecule has 0 spiro atoms. The highest BCUT2D eigenvalue weighted by Gasteiger charge is 2.29. The van der Waals surface area contributed by atoms with Crippen LogP contribution in [0.2, 0.25) is 0 Å². The molecule has 0 radical (unpaired) electrons. The van der Waals surface area contributed by atoms with Crippen LogP contribution in [0.15, 0.2) is 29.7 Å². The van der Waals surface area contributed by atoms with Crippen LogP contribution in [0, 0.1) is 25.7 Å². The number of aryl methyl sites for hydroxylation is 2. The van der Waals surface area contributed by atoms with Crippen LogP contribution in [0.5, 0.6) is 0 Å². The average Bonchev–Trinajstić information content (AvgIpc) is 3.01. The van der Waals surface area contributed by atoms with E-state index in [1.54, 1.807) is 6.33 Å². The van der Waals surface area contributed by atoms with Gasteiger partial charge in [-0.25, -0.2) is 0 Å². The summed E-state index contributed by atoms with van der Waals surface area (Å²) in [5, 5.41) is 8.92. The Morgan fingerprint density at radius 1 is 1.23 bits per heavy atom. The molecular weight excluding hydrogens is 344 g/mol. The molecule has 140 valence electrons. The molecule has 1 amide bonds. The lowest BCUT2D eigenvalue weighted by molar-refractivity contribution is -0.132. The third kappa shape index (κ3) is 4.11. The first-order valence-corrected chi connectivity index (χ1v) is 10.2. The minimum absolute atomic E-state index is 0.179. The minimum atomic E-state index is -0.179. The molecule has 0 bridgehead atoms. The lowest BCUT2D eigenvalue weighted by atomic mass is 9.92. The van der Waals surface area contributed by atoms with E-state index >= 15 is 0 Å². The zero-order chi connectivity index (χ0) is 18.8. The molecule has 1 aliphatic heterocycles. The number of rotatable bonds is 4. The Morgan fingerprint density at radius 2 is 1.92 bits per heavy atom. The fourth-order valence-corrected chi connectivity index (χ4v) is 4.77. The van der Waals surface area contributed by atoms with E-state index in [0.717, 1.165) is 23.9 Å². The SMILES string of the molecule is Cc1ccc(-n2cnnc2SC(C)C(=O)N2CC(C)CC(C)C2)c(C)c1. The third-order valence-electron chi connectivity index (χ3n) is 4.94. The maximum Gasteiger partial charge on any atom is 0.235 e. The summed E-state index contributed by atoms with van der Waals surface area (Å²) in [7, 11) is 0. The van der Waals surface area contributed by atoms with Gasteiger partial charge in [0.05, 0.1) is 10.9 Å². The third-order valence-corrected chi connectivity index (χ3v) is 5.98. The lowest BCUT2D eigenvalue weighted by Crippen LogP contribution is -2.45. The molecule has 1 fully saturated rings. The number of hydrogen-bond acceptors (Lipinski definition) is 4. The van der Waals surface area contributed by atoms with Crippen molar-refractivity contribution in [3.63, 3.8) is 0 Å². The highest BCUT2D eigenvalue weighted by atomic mass is 32.2. The van der Waals surface area contributed by atoms with Crippen molar-refractivity contribution in [2.45, 2.75) is 51.4 Å². The first-order chi connectivity index (χ1) is 12.3. The number of amides is 1. The predicted octanol–water partition coefficient (Wildman–Crippen LogP) is 3.87. The molecule has 2 aromatic rings. The van der Waals surface area contributed by atoms with Gasteiger partial charge in [-0.1, -0.05) is 43.3 Å². The second-order valence-electron chi connectivity index (χ2n) is 7.72. The monoisotopic (exact) mass is 372 g/mol. The smallest absolute Gasteiger partial charge is 0.235 e. The van der Waals surface area contributed by atoms with Crippen LogP contribution in [-0.2, 0) is 4.79 Å². The number of benzene rings is 1. The van der Waals surface area contributed by atoms with Gasteiger partial charge in [0.25, 0.3) is 0 Å². The summed E-state index contributed by atoms with van der Waals surface area (Å²) in [6, 6.07) is 6.31. The lowest BCUT2D eigenvalue weighted by Gasteiger charge is -2.36. The van der Waals surface area contributed by atoms with Crippen LogP contribution >= 0.6 is 11.8 Å². The van der Waals surface area contributed by atoms with Crippen LogP contribution in [0.25, 0.3) is 5.69 Å². The van der Waals surface area contributed by atoms with E-state index in [0.29, 0.717) is 11.8 Å². The Bertz CT molecular complexity index is 778. The van der Waals surface area contributed by atoms with Crippen molar-refractivity contribution < 1.29 is 4.79 Å². The van der Waals surface area contributed by atoms with Crippen molar-refractivity contribution in [1.82, 2.24) is 19.7 Å². The van der Waals surface area contributed by atoms with Gasteiger partial charge in [0, 0.05) is 13.1 Å². The van der Waals surface area contributed by atoms with Crippen molar-refractivity contribution in [3.8, 4) is 5.69 Å². The predicted molar refractivity (Wildman–Crippen MR) is 106 cm³/mol. The average molecular weight is 373 g/mol. The number of carbonyl (C=O) groups is 1. The summed E-state index contributed by atoms with van der Waals surface area (Å²) in [5.74, 6) is 1.33. The van der Waals surface area contributed by atoms with Gasteiger partial charge in [-0.2, -0.15) is 0 Å². The Hall–Kier alpha value is -1.82. The number of hydrogen-bond donors (Lipinski definition) is 0. The number of piperidine rings is 1. The number of likely N-dealkylation sites (tertiary alicyclic amines) is 1. The van der Waals surface area contributed by atoms with E-state index in [1.807, 2.05) is 16.4 Å². The number of nitrogens with zero attached hydrogens (tertiary/aromatic N) is 4. The fourth-order valence-electron chi connectivity index (χ4n) is 3.85. The van der Waals surface area contributed by atoms with E-state index < -0.39 is 0 Å². The maximum absolute atomic E-state index is 12.9. The van der Waals surface area contributed by atoms with Gasteiger partial charge in [0.2, 0.25) is 5.91 Å². The van der Waals surface area contributed by atoms with E-state index in [9.17, 15) is 4.79 Å². The molecule has 2 heterocycles. The van der Waals surface area contributed by atoms with Gasteiger partial charge < -0.3 is 4.90 Å². The maximum atomic E-state index is 12.9. The number of aromatic nitrogens is 3. The van der Waals surface area contributed by atoms with Gasteiger partial charge in [0.15, 0.2) is 5.16 Å². The molecule has 6 heteroatoms. The van der Waals surface area contributed by atoms with Crippen molar-refractivity contribution in [2.24, 2.45) is 11.8 Å². The summed E-state index contributed by atoms with van der Waals surface area (Å²) in [6.07, 6.45) is 2.93. The number of carbonyl (C=O) groups excluding carboxylic acids is 1. The number of thioether (sulfide) groups is 1. The standard InChI is InChI=1S/C20H28N4OS/c1-13-6-7-18(16(4)9-13)24-12-21-22-20(24)26-17(5)19(25)23-10-14(2)8-15(3)11-23/h6-7,9,12,14-15,17H,8,10-11H2,1-5H3. The summed E-state index contributed by atoms with van der Waals surface area (Å²) >= 11 is 1.49. The van der Waals surface area contributed by atoms with Crippen LogP contribution in [-0.4, -0.2) is 43.9 Å². The van der Waals surface area contributed by atoms with Gasteiger partial charge in [-0.3, -0.25) is 9.36 Å². The van der Waals surface area contributed by atoms with Crippen LogP contribution in [0.4, 0.5) is 0 Å². The van der Waals surface area contributed by atoms with E-state index in [2.05, 4.69) is 56.1 Å². The first-order valence-electron chi connectivity index (χ1n) is 9.28. The molecule has 1 aromatic heterocycles. The van der Waals surface area contributed by atoms with E-state index in [-0.39, 0.29) is 11.2 Å². The molecule has 3 rings (SSSR count). The molecule has 5 nitrogen and oxygen atoms in total. The summed E-state index contributed by atoms with van der Waals surface area (Å²) in [5.41, 5.74) is 3.46. The minimum Gasteiger partial charge on any atom is -0.341 e. The van der Waals surface area contributed by atoms with Gasteiger partial charge in [-0.05, 0) is 50.7 Å². The second kappa shape index (κ2) is 7.82. The largest absolute Gasteiger partial charge is 0.341 e. The van der Waals surface area contributed by atoms with Gasteiger partial charge >= 0.3 is 0 Å². The summed E-state index contributed by atoms with van der Waals surface area (Å²) in [6.45, 7) is 12.3. The Balaban J connectivity index is 1.75. The Morgan fingerprint density at radius 3 is 2.58 bits per heavy atom. The topological polar surface area (TPSA) is 51.0 Å². The first kappa shape index (κ1) is 19.0. The zero-order valence-electron chi connectivity index (χ0n) is 16.3. The zero-order valence-corrected chi connectivity index (χ0v) is 17.1. The molecule has 1 aliphatic rings. The molecule has 26 heavy (non-hydrogen) atoms. The molecular formula is C20H28N4OS. The van der Waals surface area contributed by atoms with Crippen LogP contribution in [0.1, 0.15) is 38.3 Å².